The van der Waals surface area contributed by atoms with Gasteiger partial charge in [0.15, 0.2) is 0 Å². The Hall–Kier alpha value is -1.86. The quantitative estimate of drug-likeness (QED) is 0.893. The Bertz CT molecular complexity index is 451. The van der Waals surface area contributed by atoms with E-state index in [-0.39, 0.29) is 12.0 Å². The first kappa shape index (κ1) is 15.2. The van der Waals surface area contributed by atoms with Gasteiger partial charge in [0.05, 0.1) is 0 Å². The van der Waals surface area contributed by atoms with Gasteiger partial charge in [0.2, 0.25) is 5.95 Å². The molecule has 0 aliphatic heterocycles. The average Bonchev–Trinajstić information content (AvgIpc) is 2.34. The molecule has 0 saturated heterocycles. The number of hydrogen-bond donors (Lipinski definition) is 1. The Balaban J connectivity index is 3.12. The molecule has 0 aliphatic rings. The fraction of sp³-hybridized carbons (Fsp3) is 0.545. The molecule has 106 valence electrons. The van der Waals surface area contributed by atoms with E-state index < -0.39 is 24.4 Å². The van der Waals surface area contributed by atoms with Crippen molar-refractivity contribution < 1.29 is 23.1 Å². The molecule has 1 aromatic rings. The molecule has 19 heavy (non-hydrogen) atoms. The number of carbonyl (C=O) groups is 1. The molecule has 1 rings (SSSR count). The Labute approximate surface area is 108 Å². The van der Waals surface area contributed by atoms with Gasteiger partial charge >= 0.3 is 12.1 Å². The average molecular weight is 277 g/mol. The number of alkyl halides is 3. The van der Waals surface area contributed by atoms with Crippen molar-refractivity contribution in [3.8, 4) is 0 Å². The number of carboxylic acid groups (broad SMARTS) is 1. The summed E-state index contributed by atoms with van der Waals surface area (Å²) in [4.78, 5) is 19.1. The van der Waals surface area contributed by atoms with Gasteiger partial charge in [0.25, 0.3) is 0 Å². The molecular weight excluding hydrogens is 263 g/mol. The molecule has 1 N–H and O–H groups in total. The zero-order chi connectivity index (χ0) is 14.6. The van der Waals surface area contributed by atoms with E-state index in [1.165, 1.54) is 4.90 Å². The molecule has 1 unspecified atom stereocenters. The predicted octanol–water partition coefficient (Wildman–Crippen LogP) is 2.18. The van der Waals surface area contributed by atoms with Crippen molar-refractivity contribution in [2.75, 3.05) is 11.4 Å². The van der Waals surface area contributed by atoms with E-state index in [1.807, 2.05) is 0 Å². The minimum Gasteiger partial charge on any atom is -0.480 e. The Kier molecular flexibility index (Phi) is 4.68. The normalized spacial score (nSPS) is 13.1. The highest BCUT2D eigenvalue weighted by Crippen LogP contribution is 2.28. The molecule has 0 fully saturated rings. The van der Waals surface area contributed by atoms with Gasteiger partial charge in [-0.05, 0) is 19.4 Å². The van der Waals surface area contributed by atoms with Crippen molar-refractivity contribution in [3.63, 3.8) is 0 Å². The van der Waals surface area contributed by atoms with Gasteiger partial charge in [0.1, 0.15) is 12.2 Å². The lowest BCUT2D eigenvalue weighted by molar-refractivity contribution is -0.141. The minimum absolute atomic E-state index is 0.230. The molecule has 0 aromatic carbocycles. The number of anilines is 1. The van der Waals surface area contributed by atoms with E-state index in [9.17, 15) is 18.0 Å². The molecule has 0 aliphatic carbocycles. The van der Waals surface area contributed by atoms with Gasteiger partial charge in [-0.2, -0.15) is 13.2 Å². The van der Waals surface area contributed by atoms with Crippen molar-refractivity contribution >= 4 is 11.9 Å². The Morgan fingerprint density at radius 2 is 2.16 bits per heavy atom. The number of aromatic nitrogens is 2. The number of aliphatic carboxylic acids is 1. The van der Waals surface area contributed by atoms with Crippen LogP contribution in [0.5, 0.6) is 0 Å². The van der Waals surface area contributed by atoms with Gasteiger partial charge in [-0.3, -0.25) is 4.79 Å². The second-order valence-electron chi connectivity index (χ2n) is 4.02. The summed E-state index contributed by atoms with van der Waals surface area (Å²) in [7, 11) is 0. The van der Waals surface area contributed by atoms with E-state index in [0.29, 0.717) is 6.42 Å². The van der Waals surface area contributed by atoms with Crippen LogP contribution in [0.1, 0.15) is 26.0 Å². The van der Waals surface area contributed by atoms with E-state index in [0.717, 1.165) is 12.3 Å². The second-order valence-corrected chi connectivity index (χ2v) is 4.02. The maximum Gasteiger partial charge on any atom is 0.433 e. The first-order valence-electron chi connectivity index (χ1n) is 5.64. The van der Waals surface area contributed by atoms with Crippen LogP contribution in [0.3, 0.4) is 0 Å². The van der Waals surface area contributed by atoms with Crippen molar-refractivity contribution in [1.29, 1.82) is 0 Å². The van der Waals surface area contributed by atoms with Gasteiger partial charge < -0.3 is 10.0 Å². The smallest absolute Gasteiger partial charge is 0.433 e. The van der Waals surface area contributed by atoms with Gasteiger partial charge in [0, 0.05) is 12.2 Å². The molecule has 1 heterocycles. The van der Waals surface area contributed by atoms with Crippen molar-refractivity contribution in [3.05, 3.63) is 18.0 Å². The largest absolute Gasteiger partial charge is 0.480 e. The van der Waals surface area contributed by atoms with Gasteiger partial charge in [-0.1, -0.05) is 6.92 Å². The van der Waals surface area contributed by atoms with Gasteiger partial charge in [-0.15, -0.1) is 0 Å². The Morgan fingerprint density at radius 3 is 2.63 bits per heavy atom. The Morgan fingerprint density at radius 1 is 1.53 bits per heavy atom. The van der Waals surface area contributed by atoms with Crippen LogP contribution in [0.25, 0.3) is 0 Å². The van der Waals surface area contributed by atoms with Crippen LogP contribution in [0.4, 0.5) is 19.1 Å². The first-order chi connectivity index (χ1) is 8.75. The predicted molar refractivity (Wildman–Crippen MR) is 61.8 cm³/mol. The lowest BCUT2D eigenvalue weighted by atomic mass is 10.2. The summed E-state index contributed by atoms with van der Waals surface area (Å²) in [6, 6.07) is 0.471. The topological polar surface area (TPSA) is 66.3 Å². The molecule has 5 nitrogen and oxygen atoms in total. The zero-order valence-corrected chi connectivity index (χ0v) is 10.5. The number of hydrogen-bond acceptors (Lipinski definition) is 4. The molecule has 8 heteroatoms. The highest BCUT2D eigenvalue weighted by molar-refractivity contribution is 5.72. The molecule has 0 radical (unpaired) electrons. The second kappa shape index (κ2) is 5.85. The summed E-state index contributed by atoms with van der Waals surface area (Å²) in [5.41, 5.74) is -1.09. The van der Waals surface area contributed by atoms with Crippen LogP contribution in [0, 0.1) is 0 Å². The number of halogens is 3. The summed E-state index contributed by atoms with van der Waals surface area (Å²) >= 11 is 0. The highest BCUT2D eigenvalue weighted by atomic mass is 19.4. The van der Waals surface area contributed by atoms with E-state index in [4.69, 9.17) is 5.11 Å². The van der Waals surface area contributed by atoms with Gasteiger partial charge in [-0.25, -0.2) is 9.97 Å². The molecule has 1 aromatic heterocycles. The van der Waals surface area contributed by atoms with E-state index in [2.05, 4.69) is 9.97 Å². The molecule has 0 bridgehead atoms. The maximum absolute atomic E-state index is 12.6. The van der Waals surface area contributed by atoms with Crippen LogP contribution in [-0.2, 0) is 11.0 Å². The maximum atomic E-state index is 12.6. The van der Waals surface area contributed by atoms with E-state index >= 15 is 0 Å². The lowest BCUT2D eigenvalue weighted by Crippen LogP contribution is -2.38. The number of carboxylic acids is 1. The zero-order valence-electron chi connectivity index (χ0n) is 10.5. The monoisotopic (exact) mass is 277 g/mol. The van der Waals surface area contributed by atoms with Crippen LogP contribution < -0.4 is 4.90 Å². The summed E-state index contributed by atoms with van der Waals surface area (Å²) in [6.45, 7) is 3.05. The van der Waals surface area contributed by atoms with Crippen LogP contribution >= 0.6 is 0 Å². The lowest BCUT2D eigenvalue weighted by Gasteiger charge is -2.27. The van der Waals surface area contributed by atoms with Crippen LogP contribution in [0.15, 0.2) is 12.3 Å². The molecular formula is C11H14F3N3O2. The van der Waals surface area contributed by atoms with Crippen molar-refractivity contribution in [1.82, 2.24) is 9.97 Å². The number of nitrogens with zero attached hydrogens (tertiary/aromatic N) is 3. The molecule has 0 amide bonds. The third-order valence-corrected chi connectivity index (χ3v) is 2.62. The highest BCUT2D eigenvalue weighted by Gasteiger charge is 2.33. The SMILES string of the molecule is CCC(C)N(CC(=O)O)c1nccc(C(F)(F)F)n1. The molecule has 0 spiro atoms. The van der Waals surface area contributed by atoms with Crippen LogP contribution in [-0.4, -0.2) is 33.6 Å². The first-order valence-corrected chi connectivity index (χ1v) is 5.64. The molecule has 1 atom stereocenters. The summed E-state index contributed by atoms with van der Waals surface area (Å²) in [5.74, 6) is -1.38. The third kappa shape index (κ3) is 4.08. The third-order valence-electron chi connectivity index (χ3n) is 2.62. The minimum atomic E-state index is -4.58. The summed E-state index contributed by atoms with van der Waals surface area (Å²) in [5, 5.41) is 8.80. The standard InChI is InChI=1S/C11H14F3N3O2/c1-3-7(2)17(6-9(18)19)10-15-5-4-8(16-10)11(12,13)14/h4-5,7H,3,6H2,1-2H3,(H,18,19). The summed E-state index contributed by atoms with van der Waals surface area (Å²) in [6.07, 6.45) is -3.04. The fourth-order valence-electron chi connectivity index (χ4n) is 1.43. The molecule has 0 saturated carbocycles. The summed E-state index contributed by atoms with van der Waals surface area (Å²) < 4.78 is 37.7. The van der Waals surface area contributed by atoms with Crippen molar-refractivity contribution in [2.24, 2.45) is 0 Å². The fourth-order valence-corrected chi connectivity index (χ4v) is 1.43. The number of rotatable bonds is 5. The van der Waals surface area contributed by atoms with Crippen molar-refractivity contribution in [2.45, 2.75) is 32.5 Å². The van der Waals surface area contributed by atoms with E-state index in [1.54, 1.807) is 13.8 Å². The van der Waals surface area contributed by atoms with Crippen LogP contribution in [0.2, 0.25) is 0 Å².